The molecule has 4 nitrogen and oxygen atoms in total. The molecule has 0 amide bonds. The van der Waals surface area contributed by atoms with Crippen molar-refractivity contribution in [2.24, 2.45) is 10.9 Å². The monoisotopic (exact) mass is 289 g/mol. The number of hydrogen-bond donors (Lipinski definition) is 3. The van der Waals surface area contributed by atoms with Crippen molar-refractivity contribution in [1.29, 1.82) is 0 Å². The third-order valence-corrected chi connectivity index (χ3v) is 4.22. The highest BCUT2D eigenvalue weighted by molar-refractivity contribution is 7.10. The second-order valence-corrected chi connectivity index (χ2v) is 5.64. The molecule has 0 aliphatic rings. The Morgan fingerprint density at radius 3 is 2.65 bits per heavy atom. The number of benzene rings is 1. The highest BCUT2D eigenvalue weighted by Crippen LogP contribution is 2.24. The van der Waals surface area contributed by atoms with Gasteiger partial charge in [0.1, 0.15) is 5.84 Å². The summed E-state index contributed by atoms with van der Waals surface area (Å²) >= 11 is 1.72. The fourth-order valence-electron chi connectivity index (χ4n) is 2.13. The van der Waals surface area contributed by atoms with Crippen LogP contribution in [0.2, 0.25) is 0 Å². The van der Waals surface area contributed by atoms with Crippen molar-refractivity contribution in [3.8, 4) is 0 Å². The molecule has 106 valence electrons. The van der Waals surface area contributed by atoms with E-state index < -0.39 is 0 Å². The number of rotatable bonds is 6. The normalized spacial score (nSPS) is 14.9. The molecule has 2 aromatic rings. The van der Waals surface area contributed by atoms with Crippen LogP contribution in [0.15, 0.2) is 53.0 Å². The van der Waals surface area contributed by atoms with Gasteiger partial charge in [-0.25, -0.2) is 0 Å². The fraction of sp³-hybridized carbons (Fsp3) is 0.267. The number of oxime groups is 1. The lowest BCUT2D eigenvalue weighted by Gasteiger charge is -2.23. The Balaban J connectivity index is 2.14. The molecule has 0 saturated heterocycles. The molecule has 1 aromatic carbocycles. The zero-order chi connectivity index (χ0) is 14.4. The Bertz CT molecular complexity index is 540. The average Bonchev–Trinajstić information content (AvgIpc) is 3.01. The van der Waals surface area contributed by atoms with Crippen LogP contribution in [0.1, 0.15) is 35.9 Å². The summed E-state index contributed by atoms with van der Waals surface area (Å²) in [6.45, 7) is 2.12. The first-order valence-electron chi connectivity index (χ1n) is 6.51. The molecule has 1 aromatic heterocycles. The van der Waals surface area contributed by atoms with Gasteiger partial charge in [0.2, 0.25) is 0 Å². The molecule has 0 aliphatic heterocycles. The van der Waals surface area contributed by atoms with E-state index in [9.17, 15) is 0 Å². The number of thiophene rings is 1. The summed E-state index contributed by atoms with van der Waals surface area (Å²) in [6, 6.07) is 14.4. The molecule has 0 saturated carbocycles. The maximum Gasteiger partial charge on any atom is 0.141 e. The van der Waals surface area contributed by atoms with Gasteiger partial charge in [0, 0.05) is 23.4 Å². The van der Waals surface area contributed by atoms with Gasteiger partial charge >= 0.3 is 0 Å². The lowest BCUT2D eigenvalue weighted by molar-refractivity contribution is 0.315. The zero-order valence-electron chi connectivity index (χ0n) is 11.4. The molecule has 2 rings (SSSR count). The summed E-state index contributed by atoms with van der Waals surface area (Å²) in [7, 11) is 0. The molecule has 0 spiro atoms. The van der Waals surface area contributed by atoms with E-state index in [4.69, 9.17) is 10.9 Å². The summed E-state index contributed by atoms with van der Waals surface area (Å²) in [6.07, 6.45) is 0.468. The van der Waals surface area contributed by atoms with E-state index in [1.54, 1.807) is 11.3 Å². The standard InChI is InChI=1S/C15H19N3OS/c1-11(14-8-5-9-20-14)17-13(10-15(16)18-19)12-6-3-2-4-7-12/h2-9,11,13,17,19H,10H2,1H3,(H2,16,18)/t11-,13?/m1/s1. The number of nitrogens with one attached hydrogen (secondary N) is 1. The van der Waals surface area contributed by atoms with E-state index in [2.05, 4.69) is 28.8 Å². The Hall–Kier alpha value is -1.85. The smallest absolute Gasteiger partial charge is 0.141 e. The largest absolute Gasteiger partial charge is 0.409 e. The number of amidine groups is 1. The first-order chi connectivity index (χ1) is 9.70. The van der Waals surface area contributed by atoms with Crippen LogP contribution in [0.3, 0.4) is 0 Å². The van der Waals surface area contributed by atoms with Gasteiger partial charge in [-0.1, -0.05) is 41.6 Å². The SMILES string of the molecule is C[C@@H](NC(C/C(N)=N/O)c1ccccc1)c1cccs1. The maximum absolute atomic E-state index is 8.79. The van der Waals surface area contributed by atoms with Crippen LogP contribution in [-0.2, 0) is 0 Å². The van der Waals surface area contributed by atoms with Gasteiger partial charge in [0.25, 0.3) is 0 Å². The van der Waals surface area contributed by atoms with Gasteiger partial charge in [0.15, 0.2) is 0 Å². The average molecular weight is 289 g/mol. The number of nitrogens with zero attached hydrogens (tertiary/aromatic N) is 1. The predicted octanol–water partition coefficient (Wildman–Crippen LogP) is 3.28. The van der Waals surface area contributed by atoms with Gasteiger partial charge in [-0.05, 0) is 23.9 Å². The lowest BCUT2D eigenvalue weighted by Crippen LogP contribution is -2.28. The third kappa shape index (κ3) is 3.82. The maximum atomic E-state index is 8.79. The van der Waals surface area contributed by atoms with Crippen molar-refractivity contribution in [3.63, 3.8) is 0 Å². The molecule has 0 aliphatic carbocycles. The minimum Gasteiger partial charge on any atom is -0.409 e. The van der Waals surface area contributed by atoms with Crippen molar-refractivity contribution in [2.75, 3.05) is 0 Å². The molecule has 0 radical (unpaired) electrons. The summed E-state index contributed by atoms with van der Waals surface area (Å²) in [5.41, 5.74) is 6.80. The Labute approximate surface area is 122 Å². The van der Waals surface area contributed by atoms with Crippen LogP contribution < -0.4 is 11.1 Å². The highest BCUT2D eigenvalue weighted by atomic mass is 32.1. The minimum absolute atomic E-state index is 0.0178. The van der Waals surface area contributed by atoms with E-state index in [0.717, 1.165) is 5.56 Å². The topological polar surface area (TPSA) is 70.6 Å². The van der Waals surface area contributed by atoms with Gasteiger partial charge in [0.05, 0.1) is 0 Å². The minimum atomic E-state index is 0.0178. The van der Waals surface area contributed by atoms with Crippen LogP contribution in [0.25, 0.3) is 0 Å². The van der Waals surface area contributed by atoms with Crippen molar-refractivity contribution in [3.05, 3.63) is 58.3 Å². The van der Waals surface area contributed by atoms with Crippen LogP contribution in [0, 0.1) is 0 Å². The molecule has 5 heteroatoms. The van der Waals surface area contributed by atoms with Crippen LogP contribution in [-0.4, -0.2) is 11.0 Å². The fourth-order valence-corrected chi connectivity index (χ4v) is 2.87. The summed E-state index contributed by atoms with van der Waals surface area (Å²) in [5, 5.41) is 17.5. The third-order valence-electron chi connectivity index (χ3n) is 3.16. The van der Waals surface area contributed by atoms with E-state index in [1.807, 2.05) is 36.4 Å². The molecular weight excluding hydrogens is 270 g/mol. The molecule has 2 atom stereocenters. The van der Waals surface area contributed by atoms with Crippen molar-refractivity contribution in [1.82, 2.24) is 5.32 Å². The van der Waals surface area contributed by atoms with E-state index >= 15 is 0 Å². The Morgan fingerprint density at radius 1 is 1.30 bits per heavy atom. The molecule has 20 heavy (non-hydrogen) atoms. The second kappa shape index (κ2) is 7.07. The molecule has 1 unspecified atom stereocenters. The first kappa shape index (κ1) is 14.6. The Kier molecular flexibility index (Phi) is 5.15. The van der Waals surface area contributed by atoms with E-state index in [0.29, 0.717) is 6.42 Å². The van der Waals surface area contributed by atoms with Gasteiger partial charge in [-0.2, -0.15) is 0 Å². The van der Waals surface area contributed by atoms with Crippen molar-refractivity contribution < 1.29 is 5.21 Å². The lowest BCUT2D eigenvalue weighted by atomic mass is 10.0. The highest BCUT2D eigenvalue weighted by Gasteiger charge is 2.17. The van der Waals surface area contributed by atoms with Crippen molar-refractivity contribution in [2.45, 2.75) is 25.4 Å². The zero-order valence-corrected chi connectivity index (χ0v) is 12.2. The van der Waals surface area contributed by atoms with Crippen LogP contribution >= 0.6 is 11.3 Å². The van der Waals surface area contributed by atoms with Gasteiger partial charge < -0.3 is 16.3 Å². The van der Waals surface area contributed by atoms with E-state index in [1.165, 1.54) is 4.88 Å². The molecule has 0 bridgehead atoms. The quantitative estimate of drug-likeness (QED) is 0.331. The predicted molar refractivity (Wildman–Crippen MR) is 83.1 cm³/mol. The summed E-state index contributed by atoms with van der Waals surface area (Å²) in [5.74, 6) is 0.227. The Morgan fingerprint density at radius 2 is 2.05 bits per heavy atom. The number of nitrogens with two attached hydrogens (primary N) is 1. The molecular formula is C15H19N3OS. The van der Waals surface area contributed by atoms with Crippen molar-refractivity contribution >= 4 is 17.2 Å². The van der Waals surface area contributed by atoms with E-state index in [-0.39, 0.29) is 17.9 Å². The van der Waals surface area contributed by atoms with Crippen LogP contribution in [0.4, 0.5) is 0 Å². The summed E-state index contributed by atoms with van der Waals surface area (Å²) < 4.78 is 0. The van der Waals surface area contributed by atoms with Crippen LogP contribution in [0.5, 0.6) is 0 Å². The summed E-state index contributed by atoms with van der Waals surface area (Å²) in [4.78, 5) is 1.27. The first-order valence-corrected chi connectivity index (χ1v) is 7.39. The molecule has 0 fully saturated rings. The van der Waals surface area contributed by atoms with Gasteiger partial charge in [-0.15, -0.1) is 11.3 Å². The number of hydrogen-bond acceptors (Lipinski definition) is 4. The molecule has 1 heterocycles. The van der Waals surface area contributed by atoms with Gasteiger partial charge in [-0.3, -0.25) is 0 Å². The second-order valence-electron chi connectivity index (χ2n) is 4.66. The molecule has 4 N–H and O–H groups in total.